The third-order valence-corrected chi connectivity index (χ3v) is 2.11. The Labute approximate surface area is 74.0 Å². The summed E-state index contributed by atoms with van der Waals surface area (Å²) >= 11 is 4.33. The van der Waals surface area contributed by atoms with Crippen molar-refractivity contribution in [3.05, 3.63) is 29.3 Å². The van der Waals surface area contributed by atoms with Gasteiger partial charge in [0.25, 0.3) is 0 Å². The summed E-state index contributed by atoms with van der Waals surface area (Å²) in [4.78, 5) is 1.08. The summed E-state index contributed by atoms with van der Waals surface area (Å²) in [6.45, 7) is 4.34. The molecule has 11 heavy (non-hydrogen) atoms. The Balaban J connectivity index is 3.02. The third-order valence-electron chi connectivity index (χ3n) is 1.85. The highest BCUT2D eigenvalue weighted by molar-refractivity contribution is 7.80. The summed E-state index contributed by atoms with van der Waals surface area (Å²) < 4.78 is 0. The fourth-order valence-corrected chi connectivity index (χ4v) is 1.48. The van der Waals surface area contributed by atoms with Crippen LogP contribution in [-0.4, -0.2) is 0 Å². The van der Waals surface area contributed by atoms with E-state index in [1.165, 1.54) is 11.1 Å². The molecule has 0 aliphatic carbocycles. The molecule has 0 heterocycles. The fourth-order valence-electron chi connectivity index (χ4n) is 1.15. The van der Waals surface area contributed by atoms with Gasteiger partial charge in [-0.15, -0.1) is 12.6 Å². The molecule has 1 rings (SSSR count). The minimum Gasteiger partial charge on any atom is -0.143 e. The van der Waals surface area contributed by atoms with Gasteiger partial charge in [0.15, 0.2) is 0 Å². The van der Waals surface area contributed by atoms with Gasteiger partial charge < -0.3 is 0 Å². The van der Waals surface area contributed by atoms with Crippen LogP contribution in [0, 0.1) is 0 Å². The zero-order chi connectivity index (χ0) is 8.27. The summed E-state index contributed by atoms with van der Waals surface area (Å²) in [5.74, 6) is 0. The highest BCUT2D eigenvalue weighted by Crippen LogP contribution is 2.14. The van der Waals surface area contributed by atoms with E-state index in [1.807, 2.05) is 0 Å². The maximum atomic E-state index is 4.33. The van der Waals surface area contributed by atoms with Crippen LogP contribution in [0.1, 0.15) is 25.0 Å². The molecule has 0 radical (unpaired) electrons. The second-order valence-corrected chi connectivity index (χ2v) is 3.23. The molecule has 0 N–H and O–H groups in total. The lowest BCUT2D eigenvalue weighted by Crippen LogP contribution is -1.85. The molecule has 0 atom stereocenters. The maximum absolute atomic E-state index is 4.33. The molecule has 60 valence electrons. The molecule has 0 bridgehead atoms. The molecule has 1 heteroatoms. The van der Waals surface area contributed by atoms with Gasteiger partial charge in [-0.3, -0.25) is 0 Å². The van der Waals surface area contributed by atoms with Crippen molar-refractivity contribution < 1.29 is 0 Å². The number of thiol groups is 1. The van der Waals surface area contributed by atoms with Crippen LogP contribution in [0.25, 0.3) is 0 Å². The summed E-state index contributed by atoms with van der Waals surface area (Å²) in [7, 11) is 0. The van der Waals surface area contributed by atoms with E-state index in [0.717, 1.165) is 17.7 Å². The lowest BCUT2D eigenvalue weighted by Gasteiger charge is -2.02. The Morgan fingerprint density at radius 3 is 1.82 bits per heavy atom. The average molecular weight is 166 g/mol. The summed E-state index contributed by atoms with van der Waals surface area (Å²) in [5, 5.41) is 0. The zero-order valence-corrected chi connectivity index (χ0v) is 7.99. The number of aryl methyl sites for hydroxylation is 2. The van der Waals surface area contributed by atoms with E-state index in [1.54, 1.807) is 0 Å². The normalized spacial score (nSPS) is 10.1. The lowest BCUT2D eigenvalue weighted by atomic mass is 10.1. The highest BCUT2D eigenvalue weighted by atomic mass is 32.1. The van der Waals surface area contributed by atoms with Crippen LogP contribution in [0.5, 0.6) is 0 Å². The van der Waals surface area contributed by atoms with Crippen molar-refractivity contribution >= 4 is 12.6 Å². The standard InChI is InChI=1S/C10H14S/c1-3-8-5-9(4-2)7-10(11)6-8/h5-7,11H,3-4H2,1-2H3. The van der Waals surface area contributed by atoms with Gasteiger partial charge >= 0.3 is 0 Å². The van der Waals surface area contributed by atoms with Crippen molar-refractivity contribution in [1.82, 2.24) is 0 Å². The Morgan fingerprint density at radius 2 is 1.45 bits per heavy atom. The van der Waals surface area contributed by atoms with Gasteiger partial charge in [0.2, 0.25) is 0 Å². The van der Waals surface area contributed by atoms with E-state index < -0.39 is 0 Å². The number of benzene rings is 1. The van der Waals surface area contributed by atoms with Crippen LogP contribution in [-0.2, 0) is 12.8 Å². The number of hydrogen-bond acceptors (Lipinski definition) is 1. The van der Waals surface area contributed by atoms with Crippen molar-refractivity contribution in [1.29, 1.82) is 0 Å². The van der Waals surface area contributed by atoms with Gasteiger partial charge in [0.05, 0.1) is 0 Å². The molecule has 0 amide bonds. The van der Waals surface area contributed by atoms with E-state index in [4.69, 9.17) is 0 Å². The number of rotatable bonds is 2. The molecule has 0 saturated carbocycles. The molecular formula is C10H14S. The van der Waals surface area contributed by atoms with Crippen molar-refractivity contribution in [2.24, 2.45) is 0 Å². The van der Waals surface area contributed by atoms with Crippen LogP contribution < -0.4 is 0 Å². The van der Waals surface area contributed by atoms with E-state index in [0.29, 0.717) is 0 Å². The smallest absolute Gasteiger partial charge is 0.00454 e. The van der Waals surface area contributed by atoms with Crippen LogP contribution in [0.2, 0.25) is 0 Å². The van der Waals surface area contributed by atoms with Crippen molar-refractivity contribution in [2.75, 3.05) is 0 Å². The molecule has 0 aromatic heterocycles. The van der Waals surface area contributed by atoms with Crippen LogP contribution in [0.15, 0.2) is 23.1 Å². The van der Waals surface area contributed by atoms with Gasteiger partial charge in [-0.25, -0.2) is 0 Å². The predicted molar refractivity (Wildman–Crippen MR) is 52.5 cm³/mol. The Hall–Kier alpha value is -0.430. The van der Waals surface area contributed by atoms with Gasteiger partial charge in [-0.2, -0.15) is 0 Å². The molecule has 0 fully saturated rings. The van der Waals surface area contributed by atoms with E-state index >= 15 is 0 Å². The molecule has 0 unspecified atom stereocenters. The highest BCUT2D eigenvalue weighted by Gasteiger charge is 1.94. The first-order valence-electron chi connectivity index (χ1n) is 4.08. The Kier molecular flexibility index (Phi) is 3.01. The maximum Gasteiger partial charge on any atom is 0.00454 e. The van der Waals surface area contributed by atoms with Crippen LogP contribution >= 0.6 is 12.6 Å². The first-order valence-corrected chi connectivity index (χ1v) is 4.52. The fraction of sp³-hybridized carbons (Fsp3) is 0.400. The van der Waals surface area contributed by atoms with Crippen molar-refractivity contribution in [3.8, 4) is 0 Å². The SMILES string of the molecule is CCc1cc(S)cc(CC)c1. The van der Waals surface area contributed by atoms with Gasteiger partial charge in [-0.1, -0.05) is 19.9 Å². The molecule has 0 aliphatic heterocycles. The van der Waals surface area contributed by atoms with E-state index in [2.05, 4.69) is 44.7 Å². The zero-order valence-electron chi connectivity index (χ0n) is 7.09. The molecular weight excluding hydrogens is 152 g/mol. The largest absolute Gasteiger partial charge is 0.143 e. The number of hydrogen-bond donors (Lipinski definition) is 1. The monoisotopic (exact) mass is 166 g/mol. The quantitative estimate of drug-likeness (QED) is 0.641. The van der Waals surface area contributed by atoms with E-state index in [9.17, 15) is 0 Å². The molecule has 1 aromatic carbocycles. The Morgan fingerprint density at radius 1 is 1.00 bits per heavy atom. The Bertz CT molecular complexity index is 218. The summed E-state index contributed by atoms with van der Waals surface area (Å²) in [6, 6.07) is 6.50. The summed E-state index contributed by atoms with van der Waals surface area (Å²) in [6.07, 6.45) is 2.20. The second-order valence-electron chi connectivity index (χ2n) is 2.71. The first kappa shape index (κ1) is 8.66. The van der Waals surface area contributed by atoms with E-state index in [-0.39, 0.29) is 0 Å². The lowest BCUT2D eigenvalue weighted by molar-refractivity contribution is 1.07. The first-order chi connectivity index (χ1) is 5.26. The summed E-state index contributed by atoms with van der Waals surface area (Å²) in [5.41, 5.74) is 2.77. The molecule has 0 aliphatic rings. The third kappa shape index (κ3) is 2.26. The van der Waals surface area contributed by atoms with Crippen molar-refractivity contribution in [3.63, 3.8) is 0 Å². The van der Waals surface area contributed by atoms with Gasteiger partial charge in [0, 0.05) is 4.90 Å². The average Bonchev–Trinajstić information content (AvgIpc) is 2.03. The minimum absolute atomic E-state index is 1.08. The molecule has 0 nitrogen and oxygen atoms in total. The minimum atomic E-state index is 1.08. The molecule has 1 aromatic rings. The van der Waals surface area contributed by atoms with Crippen LogP contribution in [0.4, 0.5) is 0 Å². The predicted octanol–water partition coefficient (Wildman–Crippen LogP) is 3.10. The van der Waals surface area contributed by atoms with Gasteiger partial charge in [-0.05, 0) is 36.1 Å². The van der Waals surface area contributed by atoms with Crippen molar-refractivity contribution in [2.45, 2.75) is 31.6 Å². The topological polar surface area (TPSA) is 0 Å². The molecule has 0 saturated heterocycles. The van der Waals surface area contributed by atoms with Gasteiger partial charge in [0.1, 0.15) is 0 Å². The second kappa shape index (κ2) is 3.82. The molecule has 0 spiro atoms. The van der Waals surface area contributed by atoms with Crippen LogP contribution in [0.3, 0.4) is 0 Å².